The maximum atomic E-state index is 5.08. The third-order valence-corrected chi connectivity index (χ3v) is 2.30. The van der Waals surface area contributed by atoms with Gasteiger partial charge in [-0.1, -0.05) is 25.1 Å². The third-order valence-electron chi connectivity index (χ3n) is 0.980. The zero-order valence-corrected chi connectivity index (χ0v) is 8.19. The van der Waals surface area contributed by atoms with Crippen molar-refractivity contribution in [3.63, 3.8) is 0 Å². The molecule has 0 aromatic carbocycles. The van der Waals surface area contributed by atoms with Crippen molar-refractivity contribution >= 4 is 28.4 Å². The first kappa shape index (κ1) is 10.2. The fourth-order valence-electron chi connectivity index (χ4n) is 0.459. The van der Waals surface area contributed by atoms with E-state index in [-0.39, 0.29) is 0 Å². The number of unbranched alkanes of at least 4 members (excludes halogenated alkanes) is 1. The second kappa shape index (κ2) is 7.35. The quantitative estimate of drug-likeness (QED) is 0.484. The molecule has 0 aliphatic rings. The first-order valence-electron chi connectivity index (χ1n) is 3.60. The molecule has 0 spiro atoms. The predicted molar refractivity (Wildman–Crippen MR) is 51.6 cm³/mol. The zero-order chi connectivity index (χ0) is 7.82. The number of ether oxygens (including phenoxy) is 1. The Hall–Kier alpha value is 0.240. The van der Waals surface area contributed by atoms with Crippen molar-refractivity contribution in [2.75, 3.05) is 12.4 Å². The molecule has 0 atom stereocenters. The molecule has 0 aromatic heterocycles. The van der Waals surface area contributed by atoms with Crippen LogP contribution in [0.4, 0.5) is 0 Å². The molecule has 0 saturated carbocycles. The number of hydrogen-bond acceptors (Lipinski definition) is 3. The Morgan fingerprint density at radius 3 is 2.70 bits per heavy atom. The minimum absolute atomic E-state index is 0.691. The molecule has 0 aromatic rings. The molecule has 60 valence electrons. The largest absolute Gasteiger partial charge is 0.479 e. The highest BCUT2D eigenvalue weighted by Gasteiger charge is 1.94. The van der Waals surface area contributed by atoms with Gasteiger partial charge in [-0.3, -0.25) is 0 Å². The van der Waals surface area contributed by atoms with Gasteiger partial charge in [-0.2, -0.15) is 0 Å². The molecule has 0 rings (SSSR count). The van der Waals surface area contributed by atoms with E-state index in [0.29, 0.717) is 11.0 Å². The van der Waals surface area contributed by atoms with Gasteiger partial charge in [-0.25, -0.2) is 0 Å². The summed E-state index contributed by atoms with van der Waals surface area (Å²) < 4.78 is 5.77. The molecule has 0 amide bonds. The van der Waals surface area contributed by atoms with Crippen LogP contribution in [-0.2, 0) is 4.74 Å². The maximum Gasteiger partial charge on any atom is 0.219 e. The minimum atomic E-state index is 0.691. The Balaban J connectivity index is 3.05. The summed E-state index contributed by atoms with van der Waals surface area (Å²) in [6.07, 6.45) is 2.44. The number of thioether (sulfide) groups is 1. The molecule has 0 aliphatic carbocycles. The van der Waals surface area contributed by atoms with Crippen LogP contribution in [0.5, 0.6) is 0 Å². The van der Waals surface area contributed by atoms with Crippen LogP contribution in [-0.4, -0.2) is 16.7 Å². The van der Waals surface area contributed by atoms with Gasteiger partial charge in [0.25, 0.3) is 0 Å². The number of rotatable bonds is 4. The number of hydrogen-bond donors (Lipinski definition) is 0. The summed E-state index contributed by atoms with van der Waals surface area (Å²) in [6.45, 7) is 4.81. The van der Waals surface area contributed by atoms with Crippen molar-refractivity contribution in [1.29, 1.82) is 0 Å². The summed E-state index contributed by atoms with van der Waals surface area (Å²) in [5, 5.41) is 0. The molecule has 3 heteroatoms. The van der Waals surface area contributed by atoms with Crippen LogP contribution in [0, 0.1) is 0 Å². The van der Waals surface area contributed by atoms with E-state index in [0.717, 1.165) is 5.75 Å². The summed E-state index contributed by atoms with van der Waals surface area (Å²) in [7, 11) is 0. The smallest absolute Gasteiger partial charge is 0.219 e. The molecule has 10 heavy (non-hydrogen) atoms. The maximum absolute atomic E-state index is 5.08. The van der Waals surface area contributed by atoms with Gasteiger partial charge in [0.05, 0.1) is 6.61 Å². The molecule has 0 N–H and O–H groups in total. The van der Waals surface area contributed by atoms with Crippen LogP contribution < -0.4 is 0 Å². The summed E-state index contributed by atoms with van der Waals surface area (Å²) in [6, 6.07) is 0. The minimum Gasteiger partial charge on any atom is -0.479 e. The highest BCUT2D eigenvalue weighted by molar-refractivity contribution is 8.22. The van der Waals surface area contributed by atoms with Crippen LogP contribution in [0.15, 0.2) is 0 Å². The van der Waals surface area contributed by atoms with Crippen molar-refractivity contribution in [3.05, 3.63) is 0 Å². The first-order valence-corrected chi connectivity index (χ1v) is 5.00. The molecule has 0 heterocycles. The van der Waals surface area contributed by atoms with Gasteiger partial charge in [0.2, 0.25) is 4.38 Å². The predicted octanol–water partition coefficient (Wildman–Crippen LogP) is 2.84. The van der Waals surface area contributed by atoms with E-state index in [1.54, 1.807) is 11.8 Å². The van der Waals surface area contributed by atoms with Crippen LogP contribution in [0.2, 0.25) is 0 Å². The zero-order valence-electron chi connectivity index (χ0n) is 6.55. The molecular weight excluding hydrogens is 164 g/mol. The second-order valence-corrected chi connectivity index (χ2v) is 3.58. The Labute approximate surface area is 72.5 Å². The number of thiocarbonyl (C=S) groups is 1. The second-order valence-electron chi connectivity index (χ2n) is 1.89. The lowest BCUT2D eigenvalue weighted by atomic mass is 10.4. The van der Waals surface area contributed by atoms with Gasteiger partial charge in [-0.05, 0) is 25.6 Å². The van der Waals surface area contributed by atoms with Crippen LogP contribution >= 0.6 is 24.0 Å². The van der Waals surface area contributed by atoms with Gasteiger partial charge < -0.3 is 4.74 Å². The van der Waals surface area contributed by atoms with Crippen LogP contribution in [0.25, 0.3) is 0 Å². The average Bonchev–Trinajstić information content (AvgIpc) is 1.89. The molecule has 0 saturated heterocycles. The normalized spacial score (nSPS) is 9.40. The molecule has 0 fully saturated rings. The molecule has 0 bridgehead atoms. The highest BCUT2D eigenvalue weighted by atomic mass is 32.2. The highest BCUT2D eigenvalue weighted by Crippen LogP contribution is 2.08. The van der Waals surface area contributed by atoms with Gasteiger partial charge in [0.1, 0.15) is 0 Å². The molecule has 1 nitrogen and oxygen atoms in total. The lowest BCUT2D eigenvalue weighted by Crippen LogP contribution is -1.96. The van der Waals surface area contributed by atoms with Crippen LogP contribution in [0.1, 0.15) is 26.7 Å². The van der Waals surface area contributed by atoms with E-state index in [2.05, 4.69) is 6.92 Å². The van der Waals surface area contributed by atoms with E-state index in [4.69, 9.17) is 17.0 Å². The molecule has 0 unspecified atom stereocenters. The van der Waals surface area contributed by atoms with Gasteiger partial charge in [0.15, 0.2) is 0 Å². The van der Waals surface area contributed by atoms with Crippen molar-refractivity contribution in [2.24, 2.45) is 0 Å². The molecular formula is C7H14OS2. The fourth-order valence-corrected chi connectivity index (χ4v) is 1.63. The topological polar surface area (TPSA) is 9.23 Å². The van der Waals surface area contributed by atoms with E-state index in [9.17, 15) is 0 Å². The Morgan fingerprint density at radius 2 is 2.20 bits per heavy atom. The third kappa shape index (κ3) is 6.36. The summed E-state index contributed by atoms with van der Waals surface area (Å²) in [5.74, 6) is 1.09. The van der Waals surface area contributed by atoms with E-state index in [1.807, 2.05) is 6.92 Å². The Morgan fingerprint density at radius 1 is 1.50 bits per heavy atom. The summed E-state index contributed by atoms with van der Waals surface area (Å²) in [4.78, 5) is 0. The van der Waals surface area contributed by atoms with E-state index >= 15 is 0 Å². The van der Waals surface area contributed by atoms with Crippen molar-refractivity contribution in [3.8, 4) is 0 Å². The lowest BCUT2D eigenvalue weighted by Gasteiger charge is -2.01. The lowest BCUT2D eigenvalue weighted by molar-refractivity contribution is 0.346. The van der Waals surface area contributed by atoms with Crippen molar-refractivity contribution < 1.29 is 4.74 Å². The summed E-state index contributed by atoms with van der Waals surface area (Å²) in [5.41, 5.74) is 0. The Kier molecular flexibility index (Phi) is 7.52. The average molecular weight is 178 g/mol. The van der Waals surface area contributed by atoms with Crippen molar-refractivity contribution in [2.45, 2.75) is 26.7 Å². The fraction of sp³-hybridized carbons (Fsp3) is 0.857. The van der Waals surface area contributed by atoms with E-state index < -0.39 is 0 Å². The van der Waals surface area contributed by atoms with Crippen molar-refractivity contribution in [1.82, 2.24) is 0 Å². The van der Waals surface area contributed by atoms with Gasteiger partial charge >= 0.3 is 0 Å². The van der Waals surface area contributed by atoms with E-state index in [1.165, 1.54) is 12.8 Å². The Bertz CT molecular complexity index is 93.6. The standard InChI is InChI=1S/C7H14OS2/c1-3-5-6-10-7(9)8-4-2/h3-6H2,1-2H3. The monoisotopic (exact) mass is 178 g/mol. The SMILES string of the molecule is CCCCSC(=S)OCC. The molecule has 0 aliphatic heterocycles. The van der Waals surface area contributed by atoms with Crippen LogP contribution in [0.3, 0.4) is 0 Å². The van der Waals surface area contributed by atoms with Gasteiger partial charge in [-0.15, -0.1) is 0 Å². The summed E-state index contributed by atoms with van der Waals surface area (Å²) >= 11 is 6.54. The first-order chi connectivity index (χ1) is 4.81. The molecule has 0 radical (unpaired) electrons. The van der Waals surface area contributed by atoms with Gasteiger partial charge in [0, 0.05) is 5.75 Å².